The number of aliphatic hydroxyl groups is 1. The number of hydrogen-bond acceptors (Lipinski definition) is 5. The van der Waals surface area contributed by atoms with Crippen molar-refractivity contribution in [3.63, 3.8) is 0 Å². The number of hydrogen-bond donors (Lipinski definition) is 2. The predicted molar refractivity (Wildman–Crippen MR) is 80.1 cm³/mol. The number of nitro benzene ring substituents is 1. The van der Waals surface area contributed by atoms with Gasteiger partial charge in [-0.3, -0.25) is 14.9 Å². The molecule has 21 heavy (non-hydrogen) atoms. The van der Waals surface area contributed by atoms with Crippen molar-refractivity contribution >= 4 is 17.3 Å². The number of benzene rings is 1. The van der Waals surface area contributed by atoms with Gasteiger partial charge in [0.1, 0.15) is 0 Å². The molecule has 0 spiro atoms. The predicted octanol–water partition coefficient (Wildman–Crippen LogP) is 1.30. The van der Waals surface area contributed by atoms with E-state index in [2.05, 4.69) is 5.32 Å². The topological polar surface area (TPSA) is 95.7 Å². The van der Waals surface area contributed by atoms with Crippen molar-refractivity contribution < 1.29 is 14.8 Å². The molecule has 116 valence electrons. The van der Waals surface area contributed by atoms with Gasteiger partial charge in [0.25, 0.3) is 5.69 Å². The molecule has 0 fully saturated rings. The lowest BCUT2D eigenvalue weighted by molar-refractivity contribution is -0.385. The normalized spacial score (nSPS) is 10.5. The highest BCUT2D eigenvalue weighted by Crippen LogP contribution is 2.24. The number of nitro groups is 1. The lowest BCUT2D eigenvalue weighted by atomic mass is 10.1. The van der Waals surface area contributed by atoms with Crippen LogP contribution in [0.15, 0.2) is 18.2 Å². The van der Waals surface area contributed by atoms with Gasteiger partial charge in [0, 0.05) is 25.3 Å². The van der Waals surface area contributed by atoms with E-state index in [0.29, 0.717) is 18.2 Å². The van der Waals surface area contributed by atoms with E-state index in [9.17, 15) is 20.0 Å². The van der Waals surface area contributed by atoms with Gasteiger partial charge < -0.3 is 15.3 Å². The molecule has 0 saturated carbocycles. The lowest BCUT2D eigenvalue weighted by Crippen LogP contribution is -2.36. The van der Waals surface area contributed by atoms with Crippen LogP contribution < -0.4 is 10.2 Å². The van der Waals surface area contributed by atoms with Gasteiger partial charge in [0.2, 0.25) is 5.91 Å². The third kappa shape index (κ3) is 5.03. The molecule has 0 bridgehead atoms. The van der Waals surface area contributed by atoms with Crippen molar-refractivity contribution in [1.82, 2.24) is 5.32 Å². The van der Waals surface area contributed by atoms with E-state index in [1.54, 1.807) is 18.0 Å². The van der Waals surface area contributed by atoms with Crippen LogP contribution in [0.2, 0.25) is 0 Å². The Bertz CT molecular complexity index is 517. The van der Waals surface area contributed by atoms with Crippen LogP contribution in [-0.2, 0) is 11.4 Å². The van der Waals surface area contributed by atoms with Crippen molar-refractivity contribution in [3.8, 4) is 0 Å². The third-order valence-electron chi connectivity index (χ3n) is 2.96. The van der Waals surface area contributed by atoms with E-state index in [1.807, 2.05) is 13.8 Å². The highest BCUT2D eigenvalue weighted by Gasteiger charge is 2.15. The van der Waals surface area contributed by atoms with Crippen LogP contribution in [0.5, 0.6) is 0 Å². The summed E-state index contributed by atoms with van der Waals surface area (Å²) in [7, 11) is 1.72. The lowest BCUT2D eigenvalue weighted by Gasteiger charge is -2.19. The Morgan fingerprint density at radius 3 is 2.67 bits per heavy atom. The van der Waals surface area contributed by atoms with Crippen LogP contribution in [0.4, 0.5) is 11.4 Å². The molecule has 0 saturated heterocycles. The molecule has 0 radical (unpaired) electrons. The zero-order chi connectivity index (χ0) is 16.0. The number of anilines is 1. The Morgan fingerprint density at radius 1 is 1.48 bits per heavy atom. The second-order valence-corrected chi connectivity index (χ2v) is 5.28. The number of likely N-dealkylation sites (N-methyl/N-ethyl adjacent to an activating group) is 1. The van der Waals surface area contributed by atoms with Crippen molar-refractivity contribution in [2.45, 2.75) is 20.5 Å². The summed E-state index contributed by atoms with van der Waals surface area (Å²) in [5, 5.41) is 22.8. The van der Waals surface area contributed by atoms with Gasteiger partial charge in [-0.25, -0.2) is 0 Å². The molecule has 1 aromatic carbocycles. The van der Waals surface area contributed by atoms with E-state index < -0.39 is 11.5 Å². The van der Waals surface area contributed by atoms with Crippen molar-refractivity contribution in [2.75, 3.05) is 25.0 Å². The minimum absolute atomic E-state index is 0.116. The van der Waals surface area contributed by atoms with Crippen molar-refractivity contribution in [2.24, 2.45) is 5.92 Å². The largest absolute Gasteiger partial charge is 0.391 e. The number of rotatable bonds is 7. The van der Waals surface area contributed by atoms with E-state index in [0.717, 1.165) is 0 Å². The number of aliphatic hydroxyl groups excluding tert-OH is 1. The van der Waals surface area contributed by atoms with Crippen LogP contribution in [0, 0.1) is 16.0 Å². The molecule has 0 unspecified atom stereocenters. The molecule has 0 aromatic heterocycles. The summed E-state index contributed by atoms with van der Waals surface area (Å²) >= 11 is 0. The summed E-state index contributed by atoms with van der Waals surface area (Å²) in [6.07, 6.45) is 0. The maximum absolute atomic E-state index is 11.8. The summed E-state index contributed by atoms with van der Waals surface area (Å²) in [5.41, 5.74) is 0.746. The molecular formula is C14H21N3O4. The first-order chi connectivity index (χ1) is 9.85. The molecule has 7 heteroatoms. The zero-order valence-electron chi connectivity index (χ0n) is 12.5. The Hall–Kier alpha value is -2.15. The average Bonchev–Trinajstić information content (AvgIpc) is 2.44. The molecule has 0 aliphatic rings. The fourth-order valence-electron chi connectivity index (χ4n) is 1.79. The maximum atomic E-state index is 11.8. The Kier molecular flexibility index (Phi) is 6.10. The first kappa shape index (κ1) is 16.9. The van der Waals surface area contributed by atoms with Crippen LogP contribution in [0.25, 0.3) is 0 Å². The first-order valence-corrected chi connectivity index (χ1v) is 6.71. The fourth-order valence-corrected chi connectivity index (χ4v) is 1.79. The third-order valence-corrected chi connectivity index (χ3v) is 2.96. The van der Waals surface area contributed by atoms with Gasteiger partial charge in [0.15, 0.2) is 0 Å². The van der Waals surface area contributed by atoms with Crippen molar-refractivity contribution in [1.29, 1.82) is 0 Å². The Balaban J connectivity index is 2.76. The minimum atomic E-state index is -0.537. The van der Waals surface area contributed by atoms with Crippen LogP contribution in [0.1, 0.15) is 19.4 Å². The van der Waals surface area contributed by atoms with Crippen LogP contribution in [0.3, 0.4) is 0 Å². The average molecular weight is 295 g/mol. The monoisotopic (exact) mass is 295 g/mol. The summed E-state index contributed by atoms with van der Waals surface area (Å²) in [5.74, 6) is 0.259. The fraction of sp³-hybridized carbons (Fsp3) is 0.500. The minimum Gasteiger partial charge on any atom is -0.391 e. The standard InChI is InChI=1S/C14H21N3O4/c1-10(2)7-15-14(19)8-16(3)12-4-5-13(17(20)21)11(6-12)9-18/h4-6,10,18H,7-9H2,1-3H3,(H,15,19). The number of carbonyl (C=O) groups is 1. The van der Waals surface area contributed by atoms with Gasteiger partial charge in [-0.15, -0.1) is 0 Å². The van der Waals surface area contributed by atoms with Gasteiger partial charge in [-0.05, 0) is 18.1 Å². The zero-order valence-corrected chi connectivity index (χ0v) is 12.5. The molecule has 1 rings (SSSR count). The summed E-state index contributed by atoms with van der Waals surface area (Å²) < 4.78 is 0. The van der Waals surface area contributed by atoms with Gasteiger partial charge in [0.05, 0.1) is 23.6 Å². The van der Waals surface area contributed by atoms with Gasteiger partial charge >= 0.3 is 0 Å². The van der Waals surface area contributed by atoms with Crippen LogP contribution in [-0.4, -0.2) is 36.1 Å². The highest BCUT2D eigenvalue weighted by molar-refractivity contribution is 5.81. The second-order valence-electron chi connectivity index (χ2n) is 5.28. The molecule has 0 aliphatic heterocycles. The first-order valence-electron chi connectivity index (χ1n) is 6.71. The Labute approximate surface area is 123 Å². The molecule has 0 atom stereocenters. The summed E-state index contributed by atoms with van der Waals surface area (Å²) in [6.45, 7) is 4.35. The van der Waals surface area contributed by atoms with E-state index in [4.69, 9.17) is 0 Å². The molecular weight excluding hydrogens is 274 g/mol. The molecule has 1 aromatic rings. The molecule has 1 amide bonds. The number of nitrogens with zero attached hydrogens (tertiary/aromatic N) is 2. The van der Waals surface area contributed by atoms with Gasteiger partial charge in [-0.2, -0.15) is 0 Å². The highest BCUT2D eigenvalue weighted by atomic mass is 16.6. The number of carbonyl (C=O) groups excluding carboxylic acids is 1. The molecule has 7 nitrogen and oxygen atoms in total. The van der Waals surface area contributed by atoms with E-state index in [1.165, 1.54) is 12.1 Å². The molecule has 0 heterocycles. The number of nitrogens with one attached hydrogen (secondary N) is 1. The quantitative estimate of drug-likeness (QED) is 0.584. The number of amides is 1. The van der Waals surface area contributed by atoms with E-state index in [-0.39, 0.29) is 23.7 Å². The molecule has 0 aliphatic carbocycles. The van der Waals surface area contributed by atoms with Crippen molar-refractivity contribution in [3.05, 3.63) is 33.9 Å². The summed E-state index contributed by atoms with van der Waals surface area (Å²) in [6, 6.07) is 4.42. The van der Waals surface area contributed by atoms with Gasteiger partial charge in [-0.1, -0.05) is 13.8 Å². The van der Waals surface area contributed by atoms with E-state index >= 15 is 0 Å². The summed E-state index contributed by atoms with van der Waals surface area (Å²) in [4.78, 5) is 23.7. The Morgan fingerprint density at radius 2 is 2.14 bits per heavy atom. The maximum Gasteiger partial charge on any atom is 0.275 e. The molecule has 2 N–H and O–H groups in total. The SMILES string of the molecule is CC(C)CNC(=O)CN(C)c1ccc([N+](=O)[O-])c(CO)c1. The smallest absolute Gasteiger partial charge is 0.275 e. The second kappa shape index (κ2) is 7.58. The van der Waals surface area contributed by atoms with Crippen LogP contribution >= 0.6 is 0 Å².